The summed E-state index contributed by atoms with van der Waals surface area (Å²) in [4.78, 5) is 29.2. The van der Waals surface area contributed by atoms with Crippen LogP contribution in [-0.4, -0.2) is 50.3 Å². The molecule has 1 aliphatic rings. The first kappa shape index (κ1) is 14.6. The van der Waals surface area contributed by atoms with Gasteiger partial charge in [0.1, 0.15) is 0 Å². The molecule has 0 bridgehead atoms. The number of hydrogen-bond donors (Lipinski definition) is 1. The second kappa shape index (κ2) is 7.14. The molecular formula is C14H18N2O4. The van der Waals surface area contributed by atoms with Crippen molar-refractivity contribution in [1.29, 1.82) is 0 Å². The van der Waals surface area contributed by atoms with E-state index < -0.39 is 11.8 Å². The van der Waals surface area contributed by atoms with Crippen LogP contribution in [0.3, 0.4) is 0 Å². The SMILES string of the molecule is COCCCNCCON1C(=O)c2ccccc2C1=O. The van der Waals surface area contributed by atoms with Crippen molar-refractivity contribution in [1.82, 2.24) is 10.4 Å². The van der Waals surface area contributed by atoms with Crippen molar-refractivity contribution in [2.45, 2.75) is 6.42 Å². The highest BCUT2D eigenvalue weighted by Gasteiger charge is 2.36. The Bertz CT molecular complexity index is 455. The standard InChI is InChI=1S/C14H18N2O4/c1-19-9-4-7-15-8-10-20-16-13(17)11-5-2-3-6-12(11)14(16)18/h2-3,5-6,15H,4,7-10H2,1H3. The number of methoxy groups -OCH3 is 1. The number of nitrogens with zero attached hydrogens (tertiary/aromatic N) is 1. The summed E-state index contributed by atoms with van der Waals surface area (Å²) in [5, 5.41) is 3.98. The number of ether oxygens (including phenoxy) is 1. The summed E-state index contributed by atoms with van der Waals surface area (Å²) < 4.78 is 4.92. The molecule has 0 fully saturated rings. The fraction of sp³-hybridized carbons (Fsp3) is 0.429. The van der Waals surface area contributed by atoms with Gasteiger partial charge in [-0.15, -0.1) is 5.06 Å². The molecule has 0 aromatic heterocycles. The predicted molar refractivity (Wildman–Crippen MR) is 72.3 cm³/mol. The van der Waals surface area contributed by atoms with Crippen molar-refractivity contribution in [3.63, 3.8) is 0 Å². The van der Waals surface area contributed by atoms with E-state index in [1.165, 1.54) is 0 Å². The van der Waals surface area contributed by atoms with Gasteiger partial charge in [-0.2, -0.15) is 0 Å². The zero-order valence-corrected chi connectivity index (χ0v) is 11.4. The van der Waals surface area contributed by atoms with Gasteiger partial charge >= 0.3 is 0 Å². The first-order valence-electron chi connectivity index (χ1n) is 6.56. The zero-order valence-electron chi connectivity index (χ0n) is 11.4. The molecule has 0 saturated carbocycles. The van der Waals surface area contributed by atoms with E-state index in [0.29, 0.717) is 24.3 Å². The number of rotatable bonds is 8. The maximum Gasteiger partial charge on any atom is 0.285 e. The van der Waals surface area contributed by atoms with Crippen molar-refractivity contribution in [2.24, 2.45) is 0 Å². The number of fused-ring (bicyclic) bond motifs is 1. The van der Waals surface area contributed by atoms with E-state index in [2.05, 4.69) is 5.32 Å². The summed E-state index contributed by atoms with van der Waals surface area (Å²) in [7, 11) is 1.66. The highest BCUT2D eigenvalue weighted by Crippen LogP contribution is 2.22. The van der Waals surface area contributed by atoms with Gasteiger partial charge < -0.3 is 10.1 Å². The molecule has 2 rings (SSSR count). The van der Waals surface area contributed by atoms with Gasteiger partial charge in [0.2, 0.25) is 0 Å². The molecule has 6 heteroatoms. The second-order valence-electron chi connectivity index (χ2n) is 4.38. The average molecular weight is 278 g/mol. The molecule has 0 aliphatic carbocycles. The van der Waals surface area contributed by atoms with E-state index >= 15 is 0 Å². The Morgan fingerprint density at radius 3 is 2.30 bits per heavy atom. The molecule has 108 valence electrons. The normalized spacial score (nSPS) is 13.9. The van der Waals surface area contributed by atoms with Crippen LogP contribution in [0.4, 0.5) is 0 Å². The van der Waals surface area contributed by atoms with Gasteiger partial charge in [0.05, 0.1) is 17.7 Å². The van der Waals surface area contributed by atoms with Crippen LogP contribution >= 0.6 is 0 Å². The van der Waals surface area contributed by atoms with Crippen LogP contribution < -0.4 is 5.32 Å². The maximum absolute atomic E-state index is 12.0. The number of hydrogen-bond acceptors (Lipinski definition) is 5. The van der Waals surface area contributed by atoms with Gasteiger partial charge in [-0.25, -0.2) is 0 Å². The van der Waals surface area contributed by atoms with Crippen LogP contribution in [0.5, 0.6) is 0 Å². The van der Waals surface area contributed by atoms with E-state index in [0.717, 1.165) is 18.0 Å². The molecule has 1 aromatic rings. The molecule has 1 aromatic carbocycles. The van der Waals surface area contributed by atoms with Gasteiger partial charge in [-0.05, 0) is 25.1 Å². The third kappa shape index (κ3) is 3.22. The number of benzene rings is 1. The fourth-order valence-electron chi connectivity index (χ4n) is 1.96. The third-order valence-corrected chi connectivity index (χ3v) is 2.96. The smallest absolute Gasteiger partial charge is 0.285 e. The Labute approximate surface area is 117 Å². The number of imide groups is 1. The van der Waals surface area contributed by atoms with Crippen LogP contribution in [0.2, 0.25) is 0 Å². The number of carbonyl (C=O) groups is 2. The lowest BCUT2D eigenvalue weighted by Gasteiger charge is -2.13. The molecule has 1 aliphatic heterocycles. The van der Waals surface area contributed by atoms with Gasteiger partial charge in [0, 0.05) is 20.3 Å². The monoisotopic (exact) mass is 278 g/mol. The minimum Gasteiger partial charge on any atom is -0.385 e. The lowest BCUT2D eigenvalue weighted by atomic mass is 10.1. The summed E-state index contributed by atoms with van der Waals surface area (Å²) in [6.07, 6.45) is 0.906. The number of amides is 2. The number of nitrogens with one attached hydrogen (secondary N) is 1. The molecule has 0 spiro atoms. The van der Waals surface area contributed by atoms with Crippen molar-refractivity contribution in [2.75, 3.05) is 33.4 Å². The Kier molecular flexibility index (Phi) is 5.23. The summed E-state index contributed by atoms with van der Waals surface area (Å²) in [5.74, 6) is -0.796. The Balaban J connectivity index is 1.75. The molecule has 1 heterocycles. The van der Waals surface area contributed by atoms with E-state index in [1.54, 1.807) is 31.4 Å². The number of hydroxylamine groups is 2. The molecule has 0 atom stereocenters. The first-order chi connectivity index (χ1) is 9.75. The summed E-state index contributed by atoms with van der Waals surface area (Å²) in [5.41, 5.74) is 0.788. The Morgan fingerprint density at radius 1 is 1.05 bits per heavy atom. The third-order valence-electron chi connectivity index (χ3n) is 2.96. The van der Waals surface area contributed by atoms with Gasteiger partial charge in [-0.1, -0.05) is 12.1 Å². The van der Waals surface area contributed by atoms with Crippen LogP contribution in [0.15, 0.2) is 24.3 Å². The molecule has 0 radical (unpaired) electrons. The van der Waals surface area contributed by atoms with Gasteiger partial charge in [0.15, 0.2) is 0 Å². The van der Waals surface area contributed by atoms with E-state index in [9.17, 15) is 9.59 Å². The summed E-state index contributed by atoms with van der Waals surface area (Å²) >= 11 is 0. The lowest BCUT2D eigenvalue weighted by Crippen LogP contribution is -2.33. The first-order valence-corrected chi connectivity index (χ1v) is 6.56. The molecule has 2 amide bonds. The molecule has 0 saturated heterocycles. The lowest BCUT2D eigenvalue weighted by molar-refractivity contribution is -0.0897. The summed E-state index contributed by atoms with van der Waals surface area (Å²) in [6, 6.07) is 6.71. The van der Waals surface area contributed by atoms with Crippen LogP contribution in [-0.2, 0) is 9.57 Å². The van der Waals surface area contributed by atoms with E-state index in [-0.39, 0.29) is 6.61 Å². The quantitative estimate of drug-likeness (QED) is 0.564. The van der Waals surface area contributed by atoms with Gasteiger partial charge in [-0.3, -0.25) is 14.4 Å². The topological polar surface area (TPSA) is 67.9 Å². The largest absolute Gasteiger partial charge is 0.385 e. The predicted octanol–water partition coefficient (Wildman–Crippen LogP) is 0.840. The van der Waals surface area contributed by atoms with E-state index in [4.69, 9.17) is 9.57 Å². The van der Waals surface area contributed by atoms with Crippen LogP contribution in [0.25, 0.3) is 0 Å². The highest BCUT2D eigenvalue weighted by molar-refractivity contribution is 6.20. The molecule has 1 N–H and O–H groups in total. The van der Waals surface area contributed by atoms with Crippen molar-refractivity contribution in [3.05, 3.63) is 35.4 Å². The van der Waals surface area contributed by atoms with E-state index in [1.807, 2.05) is 0 Å². The average Bonchev–Trinajstić information content (AvgIpc) is 2.71. The van der Waals surface area contributed by atoms with Crippen LogP contribution in [0, 0.1) is 0 Å². The Morgan fingerprint density at radius 2 is 1.70 bits per heavy atom. The van der Waals surface area contributed by atoms with Crippen molar-refractivity contribution >= 4 is 11.8 Å². The second-order valence-corrected chi connectivity index (χ2v) is 4.38. The minimum atomic E-state index is -0.398. The number of carbonyl (C=O) groups excluding carboxylic acids is 2. The van der Waals surface area contributed by atoms with Crippen LogP contribution in [0.1, 0.15) is 27.1 Å². The van der Waals surface area contributed by atoms with Crippen molar-refractivity contribution in [3.8, 4) is 0 Å². The fourth-order valence-corrected chi connectivity index (χ4v) is 1.96. The highest BCUT2D eigenvalue weighted by atomic mass is 16.7. The molecule has 0 unspecified atom stereocenters. The molecule has 20 heavy (non-hydrogen) atoms. The zero-order chi connectivity index (χ0) is 14.4. The Hall–Kier alpha value is -1.76. The molecule has 6 nitrogen and oxygen atoms in total. The molecular weight excluding hydrogens is 260 g/mol. The van der Waals surface area contributed by atoms with Gasteiger partial charge in [0.25, 0.3) is 11.8 Å². The minimum absolute atomic E-state index is 0.262. The maximum atomic E-state index is 12.0. The van der Waals surface area contributed by atoms with Crippen molar-refractivity contribution < 1.29 is 19.2 Å². The summed E-state index contributed by atoms with van der Waals surface area (Å²) in [6.45, 7) is 2.33.